The van der Waals surface area contributed by atoms with Crippen molar-refractivity contribution >= 4 is 15.8 Å². The molecule has 0 aliphatic heterocycles. The van der Waals surface area contributed by atoms with Crippen molar-refractivity contribution in [3.63, 3.8) is 0 Å². The minimum atomic E-state index is -4.53. The average Bonchev–Trinajstić information content (AvgIpc) is 2.26. The Morgan fingerprint density at radius 3 is 2.11 bits per heavy atom. The fourth-order valence-corrected chi connectivity index (χ4v) is 2.64. The smallest absolute Gasteiger partial charge is 0.390 e. The van der Waals surface area contributed by atoms with Gasteiger partial charge in [-0.05, 0) is 17.7 Å². The molecule has 4 nitrogen and oxygen atoms in total. The van der Waals surface area contributed by atoms with Crippen LogP contribution >= 0.6 is 0 Å². The van der Waals surface area contributed by atoms with Crippen LogP contribution in [0.4, 0.5) is 13.2 Å². The Hall–Kier alpha value is -1.57. The van der Waals surface area contributed by atoms with Crippen molar-refractivity contribution in [2.45, 2.75) is 23.9 Å². The van der Waals surface area contributed by atoms with Gasteiger partial charge in [-0.25, -0.2) is 8.42 Å². The number of benzene rings is 1. The lowest BCUT2D eigenvalue weighted by molar-refractivity contribution is -0.136. The first-order chi connectivity index (χ1) is 8.60. The zero-order chi connectivity index (χ0) is 14.7. The molecule has 0 spiro atoms. The third kappa shape index (κ3) is 5.29. The van der Waals surface area contributed by atoms with Gasteiger partial charge in [0.1, 0.15) is 0 Å². The van der Waals surface area contributed by atoms with E-state index >= 15 is 0 Å². The summed E-state index contributed by atoms with van der Waals surface area (Å²) in [6.45, 7) is 0. The molecule has 0 saturated carbocycles. The second-order valence-electron chi connectivity index (χ2n) is 3.90. The maximum atomic E-state index is 12.0. The maximum absolute atomic E-state index is 12.0. The standard InChI is InChI=1S/C11H11F3O4S/c12-11(13,14)5-6-19(17,18)9-3-1-8(2-4-9)7-10(15)16/h1-4H,5-7H2,(H,15,16). The number of carboxylic acid groups (broad SMARTS) is 1. The summed E-state index contributed by atoms with van der Waals surface area (Å²) in [5.74, 6) is -2.10. The number of carbonyl (C=O) groups is 1. The average molecular weight is 296 g/mol. The van der Waals surface area contributed by atoms with Crippen molar-refractivity contribution in [2.24, 2.45) is 0 Å². The molecule has 0 heterocycles. The number of halogens is 3. The van der Waals surface area contributed by atoms with Gasteiger partial charge in [0.2, 0.25) is 0 Å². The summed E-state index contributed by atoms with van der Waals surface area (Å²) in [6.07, 6.45) is -6.22. The maximum Gasteiger partial charge on any atom is 0.390 e. The molecule has 19 heavy (non-hydrogen) atoms. The summed E-state index contributed by atoms with van der Waals surface area (Å²) in [4.78, 5) is 10.2. The fourth-order valence-electron chi connectivity index (χ4n) is 1.36. The van der Waals surface area contributed by atoms with Crippen LogP contribution in [0.25, 0.3) is 0 Å². The molecule has 8 heteroatoms. The van der Waals surface area contributed by atoms with E-state index in [-0.39, 0.29) is 11.3 Å². The third-order valence-corrected chi connectivity index (χ3v) is 4.02. The summed E-state index contributed by atoms with van der Waals surface area (Å²) in [6, 6.07) is 4.77. The Bertz CT molecular complexity index is 546. The lowest BCUT2D eigenvalue weighted by atomic mass is 10.2. The summed E-state index contributed by atoms with van der Waals surface area (Å²) >= 11 is 0. The molecule has 0 saturated heterocycles. The predicted octanol–water partition coefficient (Wildman–Crippen LogP) is 2.04. The van der Waals surface area contributed by atoms with Crippen molar-refractivity contribution in [2.75, 3.05) is 5.75 Å². The molecular formula is C11H11F3O4S. The van der Waals surface area contributed by atoms with E-state index in [1.807, 2.05) is 0 Å². The molecule has 0 radical (unpaired) electrons. The van der Waals surface area contributed by atoms with Crippen LogP contribution in [0.5, 0.6) is 0 Å². The lowest BCUT2D eigenvalue weighted by Crippen LogP contribution is -2.16. The molecule has 0 amide bonds. The van der Waals surface area contributed by atoms with E-state index in [0.717, 1.165) is 12.1 Å². The number of rotatable bonds is 5. The number of aliphatic carboxylic acids is 1. The highest BCUT2D eigenvalue weighted by Crippen LogP contribution is 2.22. The molecule has 0 aliphatic carbocycles. The van der Waals surface area contributed by atoms with Gasteiger partial charge in [-0.1, -0.05) is 12.1 Å². The summed E-state index contributed by atoms with van der Waals surface area (Å²) in [7, 11) is -4.01. The third-order valence-electron chi connectivity index (χ3n) is 2.29. The van der Waals surface area contributed by atoms with Crippen LogP contribution < -0.4 is 0 Å². The van der Waals surface area contributed by atoms with Crippen LogP contribution in [0.15, 0.2) is 29.2 Å². The zero-order valence-electron chi connectivity index (χ0n) is 9.64. The molecule has 0 atom stereocenters. The van der Waals surface area contributed by atoms with Crippen molar-refractivity contribution in [1.29, 1.82) is 0 Å². The van der Waals surface area contributed by atoms with E-state index < -0.39 is 34.2 Å². The SMILES string of the molecule is O=C(O)Cc1ccc(S(=O)(=O)CCC(F)(F)F)cc1. The van der Waals surface area contributed by atoms with Crippen LogP contribution in [-0.4, -0.2) is 31.4 Å². The quantitative estimate of drug-likeness (QED) is 0.902. The van der Waals surface area contributed by atoms with E-state index in [4.69, 9.17) is 5.11 Å². The van der Waals surface area contributed by atoms with Gasteiger partial charge >= 0.3 is 12.1 Å². The fraction of sp³-hybridized carbons (Fsp3) is 0.364. The van der Waals surface area contributed by atoms with E-state index in [1.54, 1.807) is 0 Å². The van der Waals surface area contributed by atoms with E-state index in [0.29, 0.717) is 5.56 Å². The summed E-state index contributed by atoms with van der Waals surface area (Å²) in [5, 5.41) is 8.53. The lowest BCUT2D eigenvalue weighted by Gasteiger charge is -2.07. The molecule has 0 fully saturated rings. The molecule has 0 aliphatic rings. The highest BCUT2D eigenvalue weighted by atomic mass is 32.2. The van der Waals surface area contributed by atoms with Gasteiger partial charge in [0.05, 0.1) is 23.5 Å². The molecule has 1 rings (SSSR count). The number of carboxylic acids is 1. The predicted molar refractivity (Wildman–Crippen MR) is 60.5 cm³/mol. The minimum Gasteiger partial charge on any atom is -0.481 e. The van der Waals surface area contributed by atoms with Crippen LogP contribution in [0.3, 0.4) is 0 Å². The van der Waals surface area contributed by atoms with Crippen molar-refractivity contribution < 1.29 is 31.5 Å². The van der Waals surface area contributed by atoms with Gasteiger partial charge in [-0.15, -0.1) is 0 Å². The topological polar surface area (TPSA) is 71.4 Å². The van der Waals surface area contributed by atoms with Gasteiger partial charge in [0.15, 0.2) is 9.84 Å². The molecule has 0 unspecified atom stereocenters. The first-order valence-electron chi connectivity index (χ1n) is 5.20. The van der Waals surface area contributed by atoms with Crippen molar-refractivity contribution in [1.82, 2.24) is 0 Å². The second kappa shape index (κ2) is 5.60. The minimum absolute atomic E-state index is 0.245. The monoisotopic (exact) mass is 296 g/mol. The first kappa shape index (κ1) is 15.5. The first-order valence-corrected chi connectivity index (χ1v) is 6.86. The molecule has 106 valence electrons. The Morgan fingerprint density at radius 2 is 1.68 bits per heavy atom. The van der Waals surface area contributed by atoms with E-state index in [2.05, 4.69) is 0 Å². The van der Waals surface area contributed by atoms with Gasteiger partial charge in [0, 0.05) is 0 Å². The number of hydrogen-bond acceptors (Lipinski definition) is 3. The van der Waals surface area contributed by atoms with Gasteiger partial charge in [-0.3, -0.25) is 4.79 Å². The highest BCUT2D eigenvalue weighted by Gasteiger charge is 2.30. The van der Waals surface area contributed by atoms with Gasteiger partial charge < -0.3 is 5.11 Å². The molecule has 1 aromatic carbocycles. The Balaban J connectivity index is 2.82. The van der Waals surface area contributed by atoms with Crippen molar-refractivity contribution in [3.05, 3.63) is 29.8 Å². The molecule has 1 aromatic rings. The van der Waals surface area contributed by atoms with Gasteiger partial charge in [-0.2, -0.15) is 13.2 Å². The van der Waals surface area contributed by atoms with Crippen molar-refractivity contribution in [3.8, 4) is 0 Å². The Labute approximate surface area is 107 Å². The number of hydrogen-bond donors (Lipinski definition) is 1. The molecule has 0 bridgehead atoms. The van der Waals surface area contributed by atoms with Crippen LogP contribution in [-0.2, 0) is 21.1 Å². The summed E-state index contributed by atoms with van der Waals surface area (Å²) < 4.78 is 59.1. The number of sulfone groups is 1. The highest BCUT2D eigenvalue weighted by molar-refractivity contribution is 7.91. The zero-order valence-corrected chi connectivity index (χ0v) is 10.5. The largest absolute Gasteiger partial charge is 0.481 e. The van der Waals surface area contributed by atoms with Crippen LogP contribution in [0.1, 0.15) is 12.0 Å². The molecular weight excluding hydrogens is 285 g/mol. The molecule has 1 N–H and O–H groups in total. The number of alkyl halides is 3. The van der Waals surface area contributed by atoms with E-state index in [9.17, 15) is 26.4 Å². The van der Waals surface area contributed by atoms with Gasteiger partial charge in [0.25, 0.3) is 0 Å². The van der Waals surface area contributed by atoms with E-state index in [1.165, 1.54) is 12.1 Å². The summed E-state index contributed by atoms with van der Waals surface area (Å²) in [5.41, 5.74) is 0.377. The Morgan fingerprint density at radius 1 is 1.16 bits per heavy atom. The van der Waals surface area contributed by atoms with Crippen LogP contribution in [0.2, 0.25) is 0 Å². The molecule has 0 aromatic heterocycles. The second-order valence-corrected chi connectivity index (χ2v) is 6.01. The van der Waals surface area contributed by atoms with Crippen LogP contribution in [0, 0.1) is 0 Å². The normalized spacial score (nSPS) is 12.4. The Kier molecular flexibility index (Phi) is 4.56.